The Bertz CT molecular complexity index is 459. The lowest BCUT2D eigenvalue weighted by Crippen LogP contribution is -2.59. The van der Waals surface area contributed by atoms with Crippen LogP contribution in [0.25, 0.3) is 0 Å². The van der Waals surface area contributed by atoms with E-state index in [0.29, 0.717) is 18.7 Å². The van der Waals surface area contributed by atoms with Gasteiger partial charge in [-0.3, -0.25) is 25.8 Å². The number of carboxylic acid groups (broad SMARTS) is 1. The number of carbonyl (C=O) groups is 2. The molecule has 1 aliphatic carbocycles. The first kappa shape index (κ1) is 13.3. The number of nitrogens with zero attached hydrogens (tertiary/aromatic N) is 1. The van der Waals surface area contributed by atoms with Gasteiger partial charge in [0.2, 0.25) is 0 Å². The molecule has 0 atom stereocenters. The van der Waals surface area contributed by atoms with E-state index in [2.05, 4.69) is 21.2 Å². The van der Waals surface area contributed by atoms with Crippen LogP contribution in [-0.4, -0.2) is 34.1 Å². The molecule has 7 heteroatoms. The summed E-state index contributed by atoms with van der Waals surface area (Å²) < 4.78 is 0. The molecule has 1 aromatic heterocycles. The highest BCUT2D eigenvalue weighted by molar-refractivity contribution is 5.83. The smallest absolute Gasteiger partial charge is 0.323 e. The molecule has 102 valence electrons. The fraction of sp³-hybridized carbons (Fsp3) is 0.417. The molecular weight excluding hydrogens is 248 g/mol. The third-order valence-electron chi connectivity index (χ3n) is 3.20. The van der Waals surface area contributed by atoms with Crippen molar-refractivity contribution in [1.82, 2.24) is 15.7 Å². The van der Waals surface area contributed by atoms with Crippen molar-refractivity contribution in [3.63, 3.8) is 0 Å². The summed E-state index contributed by atoms with van der Waals surface area (Å²) in [4.78, 5) is 26.6. The quantitative estimate of drug-likeness (QED) is 0.544. The SMILES string of the molecule is O=C(CNC1(C(=O)O)CCC1)NNc1ccccn1. The number of hydrazine groups is 1. The number of nitrogens with one attached hydrogen (secondary N) is 3. The minimum absolute atomic E-state index is 0.0495. The largest absolute Gasteiger partial charge is 0.480 e. The van der Waals surface area contributed by atoms with E-state index in [9.17, 15) is 9.59 Å². The Labute approximate surface area is 110 Å². The number of anilines is 1. The second-order valence-electron chi connectivity index (χ2n) is 4.48. The van der Waals surface area contributed by atoms with Gasteiger partial charge in [0.05, 0.1) is 6.54 Å². The van der Waals surface area contributed by atoms with Gasteiger partial charge in [-0.2, -0.15) is 0 Å². The van der Waals surface area contributed by atoms with Crippen molar-refractivity contribution in [3.8, 4) is 0 Å². The summed E-state index contributed by atoms with van der Waals surface area (Å²) in [5, 5.41) is 11.9. The van der Waals surface area contributed by atoms with E-state index in [1.54, 1.807) is 24.4 Å². The van der Waals surface area contributed by atoms with E-state index in [4.69, 9.17) is 5.11 Å². The average molecular weight is 264 g/mol. The lowest BCUT2D eigenvalue weighted by Gasteiger charge is -2.38. The van der Waals surface area contributed by atoms with Gasteiger partial charge in [-0.05, 0) is 31.4 Å². The van der Waals surface area contributed by atoms with Crippen molar-refractivity contribution in [2.45, 2.75) is 24.8 Å². The number of carboxylic acids is 1. The van der Waals surface area contributed by atoms with Crippen LogP contribution >= 0.6 is 0 Å². The lowest BCUT2D eigenvalue weighted by atomic mass is 9.77. The summed E-state index contributed by atoms with van der Waals surface area (Å²) in [7, 11) is 0. The molecule has 1 aliphatic rings. The van der Waals surface area contributed by atoms with Gasteiger partial charge in [-0.15, -0.1) is 0 Å². The molecule has 1 fully saturated rings. The van der Waals surface area contributed by atoms with Crippen LogP contribution in [-0.2, 0) is 9.59 Å². The number of pyridine rings is 1. The van der Waals surface area contributed by atoms with E-state index in [-0.39, 0.29) is 12.5 Å². The summed E-state index contributed by atoms with van der Waals surface area (Å²) in [6, 6.07) is 5.26. The number of aliphatic carboxylic acids is 1. The lowest BCUT2D eigenvalue weighted by molar-refractivity contribution is -0.148. The molecule has 1 aromatic rings. The predicted molar refractivity (Wildman–Crippen MR) is 68.2 cm³/mol. The highest BCUT2D eigenvalue weighted by Gasteiger charge is 2.44. The number of amides is 1. The van der Waals surface area contributed by atoms with Gasteiger partial charge in [0, 0.05) is 6.20 Å². The van der Waals surface area contributed by atoms with Crippen LogP contribution in [0.4, 0.5) is 5.82 Å². The first-order valence-corrected chi connectivity index (χ1v) is 6.07. The molecule has 0 spiro atoms. The number of hydrogen-bond donors (Lipinski definition) is 4. The Hall–Kier alpha value is -2.15. The molecule has 1 saturated carbocycles. The first-order valence-electron chi connectivity index (χ1n) is 6.07. The van der Waals surface area contributed by atoms with Crippen LogP contribution in [0.3, 0.4) is 0 Å². The van der Waals surface area contributed by atoms with Crippen molar-refractivity contribution in [2.75, 3.05) is 12.0 Å². The first-order chi connectivity index (χ1) is 9.12. The van der Waals surface area contributed by atoms with Gasteiger partial charge < -0.3 is 5.11 Å². The number of carbonyl (C=O) groups excluding carboxylic acids is 1. The summed E-state index contributed by atoms with van der Waals surface area (Å²) in [5.74, 6) is -0.713. The second-order valence-corrected chi connectivity index (χ2v) is 4.48. The zero-order chi connectivity index (χ0) is 13.7. The number of hydrogen-bond acceptors (Lipinski definition) is 5. The summed E-state index contributed by atoms with van der Waals surface area (Å²) >= 11 is 0. The Kier molecular flexibility index (Phi) is 3.96. The van der Waals surface area contributed by atoms with Gasteiger partial charge in [0.25, 0.3) is 5.91 Å². The van der Waals surface area contributed by atoms with Crippen LogP contribution in [0.15, 0.2) is 24.4 Å². The van der Waals surface area contributed by atoms with Crippen molar-refractivity contribution < 1.29 is 14.7 Å². The molecule has 19 heavy (non-hydrogen) atoms. The maximum absolute atomic E-state index is 11.6. The molecule has 0 bridgehead atoms. The van der Waals surface area contributed by atoms with Crippen LogP contribution in [0.5, 0.6) is 0 Å². The molecule has 2 rings (SSSR count). The van der Waals surface area contributed by atoms with E-state index < -0.39 is 11.5 Å². The molecule has 4 N–H and O–H groups in total. The van der Waals surface area contributed by atoms with E-state index in [1.807, 2.05) is 0 Å². The molecule has 0 saturated heterocycles. The maximum atomic E-state index is 11.6. The normalized spacial score (nSPS) is 16.2. The van der Waals surface area contributed by atoms with E-state index >= 15 is 0 Å². The maximum Gasteiger partial charge on any atom is 0.323 e. The monoisotopic (exact) mass is 264 g/mol. The van der Waals surface area contributed by atoms with Gasteiger partial charge >= 0.3 is 5.97 Å². The molecule has 1 heterocycles. The summed E-state index contributed by atoms with van der Waals surface area (Å²) in [6.45, 7) is -0.0495. The molecule has 0 aromatic carbocycles. The zero-order valence-corrected chi connectivity index (χ0v) is 10.3. The minimum atomic E-state index is -0.928. The highest BCUT2D eigenvalue weighted by atomic mass is 16.4. The fourth-order valence-electron chi connectivity index (χ4n) is 1.86. The van der Waals surface area contributed by atoms with E-state index in [0.717, 1.165) is 6.42 Å². The molecule has 0 aliphatic heterocycles. The van der Waals surface area contributed by atoms with Crippen molar-refractivity contribution in [2.24, 2.45) is 0 Å². The van der Waals surface area contributed by atoms with Crippen LogP contribution in [0, 0.1) is 0 Å². The van der Waals surface area contributed by atoms with Crippen LogP contribution in [0.2, 0.25) is 0 Å². The van der Waals surface area contributed by atoms with Gasteiger partial charge in [0.1, 0.15) is 11.4 Å². The summed E-state index contributed by atoms with van der Waals surface area (Å²) in [6.07, 6.45) is 3.58. The molecule has 0 radical (unpaired) electrons. The highest BCUT2D eigenvalue weighted by Crippen LogP contribution is 2.31. The standard InChI is InChI=1S/C12H16N4O3/c17-10(16-15-9-4-1-2-7-13-9)8-14-12(11(18)19)5-3-6-12/h1-2,4,7,14H,3,5-6,8H2,(H,13,15)(H,16,17)(H,18,19). The molecular formula is C12H16N4O3. The second kappa shape index (κ2) is 5.66. The Balaban J connectivity index is 1.74. The number of rotatable bonds is 6. The van der Waals surface area contributed by atoms with Gasteiger partial charge in [0.15, 0.2) is 0 Å². The Morgan fingerprint density at radius 1 is 1.37 bits per heavy atom. The van der Waals surface area contributed by atoms with Gasteiger partial charge in [-0.1, -0.05) is 6.07 Å². The molecule has 0 unspecified atom stereocenters. The van der Waals surface area contributed by atoms with Crippen molar-refractivity contribution in [1.29, 1.82) is 0 Å². The Morgan fingerprint density at radius 2 is 2.16 bits per heavy atom. The third-order valence-corrected chi connectivity index (χ3v) is 3.20. The Morgan fingerprint density at radius 3 is 2.68 bits per heavy atom. The predicted octanol–water partition coefficient (Wildman–Crippen LogP) is 0.122. The minimum Gasteiger partial charge on any atom is -0.480 e. The topological polar surface area (TPSA) is 103 Å². The molecule has 1 amide bonds. The van der Waals surface area contributed by atoms with Crippen LogP contribution in [0.1, 0.15) is 19.3 Å². The van der Waals surface area contributed by atoms with Crippen molar-refractivity contribution in [3.05, 3.63) is 24.4 Å². The average Bonchev–Trinajstić information content (AvgIpc) is 2.36. The summed E-state index contributed by atoms with van der Waals surface area (Å²) in [5.41, 5.74) is 4.17. The van der Waals surface area contributed by atoms with Crippen LogP contribution < -0.4 is 16.2 Å². The molecule has 7 nitrogen and oxygen atoms in total. The zero-order valence-electron chi connectivity index (χ0n) is 10.3. The third kappa shape index (κ3) is 3.19. The van der Waals surface area contributed by atoms with Gasteiger partial charge in [-0.25, -0.2) is 4.98 Å². The van der Waals surface area contributed by atoms with Crippen molar-refractivity contribution >= 4 is 17.7 Å². The van der Waals surface area contributed by atoms with E-state index in [1.165, 1.54) is 0 Å². The fourth-order valence-corrected chi connectivity index (χ4v) is 1.86. The number of aromatic nitrogens is 1.